The Balaban J connectivity index is 1.80. The predicted molar refractivity (Wildman–Crippen MR) is 77.9 cm³/mol. The average molecular weight is 277 g/mol. The number of carboxylic acid groups (broad SMARTS) is 1. The molecule has 0 amide bonds. The van der Waals surface area contributed by atoms with Crippen LogP contribution in [0.2, 0.25) is 0 Å². The number of carbonyl (C=O) groups is 1. The molecule has 1 heterocycles. The fourth-order valence-electron chi connectivity index (χ4n) is 2.46. The Morgan fingerprint density at radius 1 is 1.40 bits per heavy atom. The van der Waals surface area contributed by atoms with Crippen molar-refractivity contribution in [1.82, 2.24) is 4.90 Å². The fraction of sp³-hybridized carbons (Fsp3) is 0.562. The average Bonchev–Trinajstić information content (AvgIpc) is 2.90. The van der Waals surface area contributed by atoms with Crippen molar-refractivity contribution in [3.05, 3.63) is 29.8 Å². The first-order valence-electron chi connectivity index (χ1n) is 7.36. The highest BCUT2D eigenvalue weighted by molar-refractivity contribution is 5.70. The van der Waals surface area contributed by atoms with Crippen LogP contribution in [0.15, 0.2) is 24.3 Å². The quantitative estimate of drug-likeness (QED) is 0.779. The fourth-order valence-corrected chi connectivity index (χ4v) is 2.46. The normalized spacial score (nSPS) is 19.1. The van der Waals surface area contributed by atoms with Crippen LogP contribution >= 0.6 is 0 Å². The van der Waals surface area contributed by atoms with Crippen molar-refractivity contribution in [3.63, 3.8) is 0 Å². The summed E-state index contributed by atoms with van der Waals surface area (Å²) in [7, 11) is 0. The summed E-state index contributed by atoms with van der Waals surface area (Å²) in [5.41, 5.74) is 1.21. The van der Waals surface area contributed by atoms with Crippen LogP contribution in [0.1, 0.15) is 31.7 Å². The molecule has 110 valence electrons. The third-order valence-corrected chi connectivity index (χ3v) is 3.72. The number of nitrogens with zero attached hydrogens (tertiary/aromatic N) is 1. The van der Waals surface area contributed by atoms with Crippen LogP contribution in [0, 0.1) is 5.92 Å². The highest BCUT2D eigenvalue weighted by Gasteiger charge is 2.27. The second-order valence-electron chi connectivity index (χ2n) is 5.40. The maximum absolute atomic E-state index is 10.9. The van der Waals surface area contributed by atoms with Gasteiger partial charge in [0.2, 0.25) is 0 Å². The molecule has 0 aromatic heterocycles. The van der Waals surface area contributed by atoms with Gasteiger partial charge in [-0.05, 0) is 37.1 Å². The SMILES string of the molecule is CCCCOc1ccc(CN2CCC(C(=O)O)C2)cc1. The molecule has 4 heteroatoms. The van der Waals surface area contributed by atoms with Gasteiger partial charge in [-0.2, -0.15) is 0 Å². The number of rotatable bonds is 7. The molecule has 1 unspecified atom stereocenters. The van der Waals surface area contributed by atoms with Crippen molar-refractivity contribution in [3.8, 4) is 5.75 Å². The Morgan fingerprint density at radius 2 is 2.15 bits per heavy atom. The number of aliphatic carboxylic acids is 1. The van der Waals surface area contributed by atoms with E-state index in [1.165, 1.54) is 5.56 Å². The summed E-state index contributed by atoms with van der Waals surface area (Å²) in [6, 6.07) is 8.12. The van der Waals surface area contributed by atoms with Gasteiger partial charge in [0.15, 0.2) is 0 Å². The van der Waals surface area contributed by atoms with E-state index in [-0.39, 0.29) is 5.92 Å². The summed E-state index contributed by atoms with van der Waals surface area (Å²) >= 11 is 0. The first kappa shape index (κ1) is 14.9. The van der Waals surface area contributed by atoms with E-state index in [2.05, 4.69) is 24.0 Å². The van der Waals surface area contributed by atoms with E-state index in [9.17, 15) is 4.79 Å². The van der Waals surface area contributed by atoms with Crippen molar-refractivity contribution in [2.24, 2.45) is 5.92 Å². The predicted octanol–water partition coefficient (Wildman–Crippen LogP) is 2.77. The minimum Gasteiger partial charge on any atom is -0.494 e. The van der Waals surface area contributed by atoms with Gasteiger partial charge in [-0.15, -0.1) is 0 Å². The molecule has 1 aliphatic heterocycles. The molecule has 1 aliphatic rings. The van der Waals surface area contributed by atoms with E-state index in [0.29, 0.717) is 6.54 Å². The molecule has 2 rings (SSSR count). The van der Waals surface area contributed by atoms with Crippen LogP contribution in [0.3, 0.4) is 0 Å². The van der Waals surface area contributed by atoms with Gasteiger partial charge in [-0.1, -0.05) is 25.5 Å². The summed E-state index contributed by atoms with van der Waals surface area (Å²) in [4.78, 5) is 13.1. The number of likely N-dealkylation sites (tertiary alicyclic amines) is 1. The minimum absolute atomic E-state index is 0.202. The zero-order valence-corrected chi connectivity index (χ0v) is 12.0. The largest absolute Gasteiger partial charge is 0.494 e. The smallest absolute Gasteiger partial charge is 0.307 e. The Hall–Kier alpha value is -1.55. The maximum Gasteiger partial charge on any atom is 0.307 e. The third-order valence-electron chi connectivity index (χ3n) is 3.72. The second kappa shape index (κ2) is 7.29. The van der Waals surface area contributed by atoms with Gasteiger partial charge in [-0.25, -0.2) is 0 Å². The number of benzene rings is 1. The Morgan fingerprint density at radius 3 is 2.75 bits per heavy atom. The molecule has 0 bridgehead atoms. The summed E-state index contributed by atoms with van der Waals surface area (Å²) in [5, 5.41) is 8.99. The van der Waals surface area contributed by atoms with Crippen molar-refractivity contribution in [1.29, 1.82) is 0 Å². The van der Waals surface area contributed by atoms with E-state index in [1.54, 1.807) is 0 Å². The third kappa shape index (κ3) is 4.23. The molecular formula is C16H23NO3. The second-order valence-corrected chi connectivity index (χ2v) is 5.40. The molecule has 1 saturated heterocycles. The van der Waals surface area contributed by atoms with E-state index in [0.717, 1.165) is 44.7 Å². The van der Waals surface area contributed by atoms with Gasteiger partial charge in [0.1, 0.15) is 5.75 Å². The molecule has 0 saturated carbocycles. The van der Waals surface area contributed by atoms with E-state index in [4.69, 9.17) is 9.84 Å². The Bertz CT molecular complexity index is 430. The summed E-state index contributed by atoms with van der Waals surface area (Å²) < 4.78 is 5.63. The molecule has 1 fully saturated rings. The highest BCUT2D eigenvalue weighted by Crippen LogP contribution is 2.20. The number of carboxylic acids is 1. The number of unbranched alkanes of at least 4 members (excludes halogenated alkanes) is 1. The topological polar surface area (TPSA) is 49.8 Å². The molecule has 1 N–H and O–H groups in total. The van der Waals surface area contributed by atoms with Gasteiger partial charge < -0.3 is 9.84 Å². The standard InChI is InChI=1S/C16H23NO3/c1-2-3-10-20-15-6-4-13(5-7-15)11-17-9-8-14(12-17)16(18)19/h4-7,14H,2-3,8-12H2,1H3,(H,18,19). The van der Waals surface area contributed by atoms with Gasteiger partial charge in [0.05, 0.1) is 12.5 Å². The van der Waals surface area contributed by atoms with Gasteiger partial charge >= 0.3 is 5.97 Å². The van der Waals surface area contributed by atoms with Gasteiger partial charge in [0, 0.05) is 13.1 Å². The lowest BCUT2D eigenvalue weighted by Gasteiger charge is -2.15. The summed E-state index contributed by atoms with van der Waals surface area (Å²) in [5.74, 6) is 0.0332. The monoisotopic (exact) mass is 277 g/mol. The van der Waals surface area contributed by atoms with Crippen molar-refractivity contribution in [2.75, 3.05) is 19.7 Å². The van der Waals surface area contributed by atoms with Crippen LogP contribution in [0.5, 0.6) is 5.75 Å². The van der Waals surface area contributed by atoms with Crippen molar-refractivity contribution in [2.45, 2.75) is 32.7 Å². The summed E-state index contributed by atoms with van der Waals surface area (Å²) in [6.07, 6.45) is 2.97. The zero-order valence-electron chi connectivity index (χ0n) is 12.0. The molecule has 1 atom stereocenters. The van der Waals surface area contributed by atoms with Crippen molar-refractivity contribution < 1.29 is 14.6 Å². The zero-order chi connectivity index (χ0) is 14.4. The lowest BCUT2D eigenvalue weighted by molar-refractivity contribution is -0.141. The molecule has 20 heavy (non-hydrogen) atoms. The molecule has 1 aromatic carbocycles. The Kier molecular flexibility index (Phi) is 5.41. The van der Waals surface area contributed by atoms with Crippen molar-refractivity contribution >= 4 is 5.97 Å². The molecule has 4 nitrogen and oxygen atoms in total. The highest BCUT2D eigenvalue weighted by atomic mass is 16.5. The van der Waals surface area contributed by atoms with Crippen LogP contribution in [-0.2, 0) is 11.3 Å². The van der Waals surface area contributed by atoms with E-state index >= 15 is 0 Å². The van der Waals surface area contributed by atoms with Crippen LogP contribution in [0.25, 0.3) is 0 Å². The number of hydrogen-bond donors (Lipinski definition) is 1. The van der Waals surface area contributed by atoms with E-state index < -0.39 is 5.97 Å². The first-order valence-corrected chi connectivity index (χ1v) is 7.36. The molecule has 0 aliphatic carbocycles. The number of ether oxygens (including phenoxy) is 1. The Labute approximate surface area is 120 Å². The summed E-state index contributed by atoms with van der Waals surface area (Å²) in [6.45, 7) is 5.25. The molecular weight excluding hydrogens is 254 g/mol. The molecule has 0 radical (unpaired) electrons. The van der Waals surface area contributed by atoms with Gasteiger partial charge in [0.25, 0.3) is 0 Å². The molecule has 1 aromatic rings. The van der Waals surface area contributed by atoms with E-state index in [1.807, 2.05) is 12.1 Å². The lowest BCUT2D eigenvalue weighted by Crippen LogP contribution is -2.22. The van der Waals surface area contributed by atoms with Crippen LogP contribution in [-0.4, -0.2) is 35.7 Å². The van der Waals surface area contributed by atoms with Gasteiger partial charge in [-0.3, -0.25) is 9.69 Å². The van der Waals surface area contributed by atoms with Crippen LogP contribution < -0.4 is 4.74 Å². The maximum atomic E-state index is 10.9. The number of hydrogen-bond acceptors (Lipinski definition) is 3. The first-order chi connectivity index (χ1) is 9.69. The lowest BCUT2D eigenvalue weighted by atomic mass is 10.1. The molecule has 0 spiro atoms. The minimum atomic E-state index is -0.674. The van der Waals surface area contributed by atoms with Crippen LogP contribution in [0.4, 0.5) is 0 Å².